The van der Waals surface area contributed by atoms with Crippen molar-refractivity contribution in [3.05, 3.63) is 59.4 Å². The minimum atomic E-state index is -3.72. The van der Waals surface area contributed by atoms with Gasteiger partial charge >= 0.3 is 0 Å². The summed E-state index contributed by atoms with van der Waals surface area (Å²) in [5, 5.41) is 2.11. The molecule has 2 rings (SSSR count). The zero-order valence-electron chi connectivity index (χ0n) is 14.0. The molecule has 0 aromatic heterocycles. The van der Waals surface area contributed by atoms with Crippen LogP contribution in [0, 0.1) is 17.5 Å². The van der Waals surface area contributed by atoms with Gasteiger partial charge in [0, 0.05) is 11.6 Å². The zero-order chi connectivity index (χ0) is 19.5. The van der Waals surface area contributed by atoms with Crippen LogP contribution in [0.4, 0.5) is 18.9 Å². The van der Waals surface area contributed by atoms with Gasteiger partial charge in [0.1, 0.15) is 0 Å². The summed E-state index contributed by atoms with van der Waals surface area (Å²) in [7, 11) is -3.72. The van der Waals surface area contributed by atoms with E-state index in [1.807, 2.05) is 6.92 Å². The summed E-state index contributed by atoms with van der Waals surface area (Å²) in [6.07, 6.45) is 0.611. The molecule has 0 saturated carbocycles. The number of halogens is 3. The number of carbonyl (C=O) groups excluding carboxylic acids is 1. The van der Waals surface area contributed by atoms with Gasteiger partial charge in [-0.25, -0.2) is 26.3 Å². The van der Waals surface area contributed by atoms with Gasteiger partial charge < -0.3 is 5.32 Å². The molecule has 9 heteroatoms. The fraction of sp³-hybridized carbons (Fsp3) is 0.235. The summed E-state index contributed by atoms with van der Waals surface area (Å²) in [5.74, 6) is -5.38. The number of carbonyl (C=O) groups is 1. The van der Waals surface area contributed by atoms with Crippen LogP contribution in [0.1, 0.15) is 30.6 Å². The summed E-state index contributed by atoms with van der Waals surface area (Å²) in [6, 6.07) is 6.24. The molecule has 140 valence electrons. The second-order valence-corrected chi connectivity index (χ2v) is 7.35. The summed E-state index contributed by atoms with van der Waals surface area (Å²) >= 11 is 0. The monoisotopic (exact) mass is 386 g/mol. The van der Waals surface area contributed by atoms with E-state index in [1.165, 1.54) is 24.3 Å². The topological polar surface area (TPSA) is 75.3 Å². The van der Waals surface area contributed by atoms with Crippen molar-refractivity contribution in [1.29, 1.82) is 0 Å². The average Bonchev–Trinajstić information content (AvgIpc) is 2.61. The van der Waals surface area contributed by atoms with Crippen molar-refractivity contribution in [3.8, 4) is 0 Å². The Morgan fingerprint density at radius 3 is 2.23 bits per heavy atom. The van der Waals surface area contributed by atoms with Crippen LogP contribution in [0.3, 0.4) is 0 Å². The molecule has 26 heavy (non-hydrogen) atoms. The molecule has 1 atom stereocenters. The van der Waals surface area contributed by atoms with Crippen molar-refractivity contribution in [2.24, 2.45) is 0 Å². The third-order valence-electron chi connectivity index (χ3n) is 3.68. The maximum Gasteiger partial charge on any atom is 0.255 e. The Kier molecular flexibility index (Phi) is 6.04. The van der Waals surface area contributed by atoms with Crippen molar-refractivity contribution in [2.45, 2.75) is 31.2 Å². The average molecular weight is 386 g/mol. The Bertz CT molecular complexity index is 916. The van der Waals surface area contributed by atoms with E-state index in [9.17, 15) is 26.4 Å². The number of amides is 1. The Morgan fingerprint density at radius 2 is 1.65 bits per heavy atom. The Hall–Kier alpha value is -2.39. The molecule has 0 bridgehead atoms. The molecule has 2 N–H and O–H groups in total. The molecular formula is C17H17F3N2O3S. The number of sulfonamides is 1. The van der Waals surface area contributed by atoms with E-state index in [1.54, 1.807) is 6.92 Å². The first-order chi connectivity index (χ1) is 12.2. The van der Waals surface area contributed by atoms with E-state index in [2.05, 4.69) is 10.0 Å². The lowest BCUT2D eigenvalue weighted by Gasteiger charge is -2.12. The first-order valence-corrected chi connectivity index (χ1v) is 9.21. The Morgan fingerprint density at radius 1 is 1.04 bits per heavy atom. The molecule has 0 fully saturated rings. The lowest BCUT2D eigenvalue weighted by molar-refractivity contribution is 0.102. The fourth-order valence-electron chi connectivity index (χ4n) is 2.02. The molecule has 0 spiro atoms. The van der Waals surface area contributed by atoms with Crippen LogP contribution in [0.25, 0.3) is 0 Å². The van der Waals surface area contributed by atoms with Gasteiger partial charge in [-0.15, -0.1) is 0 Å². The third-order valence-corrected chi connectivity index (χ3v) is 5.28. The number of hydrogen-bond donors (Lipinski definition) is 2. The highest BCUT2D eigenvalue weighted by atomic mass is 32.2. The molecule has 0 saturated heterocycles. The van der Waals surface area contributed by atoms with E-state index < -0.39 is 39.1 Å². The quantitative estimate of drug-likeness (QED) is 0.747. The van der Waals surface area contributed by atoms with Crippen LogP contribution >= 0.6 is 0 Å². The SMILES string of the molecule is CCC(C)NS(=O)(=O)c1ccc(C(=O)Nc2ccc(F)c(F)c2F)cc1. The number of hydrogen-bond acceptors (Lipinski definition) is 3. The predicted molar refractivity (Wildman–Crippen MR) is 90.8 cm³/mol. The van der Waals surface area contributed by atoms with Crippen molar-refractivity contribution >= 4 is 21.6 Å². The normalized spacial score (nSPS) is 12.7. The molecule has 0 aliphatic heterocycles. The van der Waals surface area contributed by atoms with Crippen molar-refractivity contribution in [1.82, 2.24) is 4.72 Å². The van der Waals surface area contributed by atoms with Crippen molar-refractivity contribution in [2.75, 3.05) is 5.32 Å². The van der Waals surface area contributed by atoms with Gasteiger partial charge in [0.15, 0.2) is 17.5 Å². The highest BCUT2D eigenvalue weighted by Crippen LogP contribution is 2.20. The van der Waals surface area contributed by atoms with Crippen LogP contribution in [-0.4, -0.2) is 20.4 Å². The minimum absolute atomic E-state index is 0.0247. The van der Waals surface area contributed by atoms with E-state index in [0.717, 1.165) is 6.07 Å². The van der Waals surface area contributed by atoms with Gasteiger partial charge in [0.05, 0.1) is 10.6 Å². The van der Waals surface area contributed by atoms with Crippen LogP contribution in [0.2, 0.25) is 0 Å². The van der Waals surface area contributed by atoms with Crippen LogP contribution in [0.15, 0.2) is 41.3 Å². The lowest BCUT2D eigenvalue weighted by Crippen LogP contribution is -2.32. The van der Waals surface area contributed by atoms with E-state index >= 15 is 0 Å². The molecule has 0 radical (unpaired) electrons. The van der Waals surface area contributed by atoms with E-state index in [0.29, 0.717) is 12.5 Å². The van der Waals surface area contributed by atoms with Gasteiger partial charge in [0.2, 0.25) is 10.0 Å². The molecule has 5 nitrogen and oxygen atoms in total. The standard InChI is InChI=1S/C17H17F3N2O3S/c1-3-10(2)22-26(24,25)12-6-4-11(5-7-12)17(23)21-14-9-8-13(18)15(19)16(14)20/h4-10,22H,3H2,1-2H3,(H,21,23). The number of benzene rings is 2. The first-order valence-electron chi connectivity index (χ1n) is 7.73. The largest absolute Gasteiger partial charge is 0.319 e. The van der Waals surface area contributed by atoms with Crippen LogP contribution in [-0.2, 0) is 10.0 Å². The van der Waals surface area contributed by atoms with Crippen LogP contribution in [0.5, 0.6) is 0 Å². The smallest absolute Gasteiger partial charge is 0.255 e. The van der Waals surface area contributed by atoms with Crippen molar-refractivity contribution < 1.29 is 26.4 Å². The summed E-state index contributed by atoms with van der Waals surface area (Å²) in [4.78, 5) is 12.1. The predicted octanol–water partition coefficient (Wildman–Crippen LogP) is 3.43. The highest BCUT2D eigenvalue weighted by molar-refractivity contribution is 7.89. The van der Waals surface area contributed by atoms with Crippen molar-refractivity contribution in [3.63, 3.8) is 0 Å². The number of rotatable bonds is 6. The van der Waals surface area contributed by atoms with Gasteiger partial charge in [0.25, 0.3) is 5.91 Å². The van der Waals surface area contributed by atoms with E-state index in [-0.39, 0.29) is 16.5 Å². The van der Waals surface area contributed by atoms with Gasteiger partial charge in [-0.05, 0) is 49.7 Å². The molecule has 2 aromatic rings. The van der Waals surface area contributed by atoms with E-state index in [4.69, 9.17) is 0 Å². The minimum Gasteiger partial charge on any atom is -0.319 e. The second kappa shape index (κ2) is 7.88. The fourth-order valence-corrected chi connectivity index (χ4v) is 3.35. The lowest BCUT2D eigenvalue weighted by atomic mass is 10.2. The first kappa shape index (κ1) is 19.9. The second-order valence-electron chi connectivity index (χ2n) is 5.63. The molecular weight excluding hydrogens is 369 g/mol. The molecule has 1 unspecified atom stereocenters. The zero-order valence-corrected chi connectivity index (χ0v) is 14.8. The molecule has 0 aliphatic rings. The number of anilines is 1. The number of nitrogens with one attached hydrogen (secondary N) is 2. The molecule has 2 aromatic carbocycles. The highest BCUT2D eigenvalue weighted by Gasteiger charge is 2.19. The maximum absolute atomic E-state index is 13.6. The summed E-state index contributed by atoms with van der Waals surface area (Å²) in [5.41, 5.74) is -0.499. The summed E-state index contributed by atoms with van der Waals surface area (Å²) < 4.78 is 66.5. The molecule has 1 amide bonds. The van der Waals surface area contributed by atoms with Gasteiger partial charge in [-0.2, -0.15) is 0 Å². The maximum atomic E-state index is 13.6. The Labute approximate surface area is 149 Å². The third kappa shape index (κ3) is 4.41. The van der Waals surface area contributed by atoms with Crippen LogP contribution < -0.4 is 10.0 Å². The van der Waals surface area contributed by atoms with Gasteiger partial charge in [-0.1, -0.05) is 6.92 Å². The molecule has 0 heterocycles. The Balaban J connectivity index is 2.18. The van der Waals surface area contributed by atoms with Gasteiger partial charge in [-0.3, -0.25) is 4.79 Å². The summed E-state index contributed by atoms with van der Waals surface area (Å²) in [6.45, 7) is 3.55. The molecule has 0 aliphatic carbocycles.